The minimum absolute atomic E-state index is 0.149. The number of hydrogen-bond donors (Lipinski definition) is 2. The van der Waals surface area contributed by atoms with Gasteiger partial charge in [-0.15, -0.1) is 0 Å². The Kier molecular flexibility index (Phi) is 3.34. The lowest BCUT2D eigenvalue weighted by molar-refractivity contribution is -0.384. The Bertz CT molecular complexity index is 587. The van der Waals surface area contributed by atoms with Crippen molar-refractivity contribution in [1.29, 1.82) is 0 Å². The number of anilines is 2. The molecule has 0 unspecified atom stereocenters. The monoisotopic (exact) mass is 264 g/mol. The van der Waals surface area contributed by atoms with Crippen LogP contribution in [0.3, 0.4) is 0 Å². The molecule has 2 rings (SSSR count). The van der Waals surface area contributed by atoms with E-state index in [2.05, 4.69) is 5.32 Å². The summed E-state index contributed by atoms with van der Waals surface area (Å²) in [7, 11) is 0. The van der Waals surface area contributed by atoms with E-state index in [0.29, 0.717) is 5.69 Å². The normalized spacial score (nSPS) is 10.1. The van der Waals surface area contributed by atoms with E-state index in [0.717, 1.165) is 6.07 Å². The summed E-state index contributed by atoms with van der Waals surface area (Å²) in [4.78, 5) is 10.3. The van der Waals surface area contributed by atoms with Crippen molar-refractivity contribution >= 4 is 28.7 Å². The summed E-state index contributed by atoms with van der Waals surface area (Å²) in [6.45, 7) is 0. The number of nitrogens with zero attached hydrogens (tertiary/aromatic N) is 1. The molecule has 0 fully saturated rings. The summed E-state index contributed by atoms with van der Waals surface area (Å²) >= 11 is 5.77. The second-order valence-electron chi connectivity index (χ2n) is 3.57. The van der Waals surface area contributed by atoms with E-state index in [-0.39, 0.29) is 10.7 Å². The van der Waals surface area contributed by atoms with Crippen LogP contribution < -0.4 is 5.32 Å². The molecule has 6 heteroatoms. The number of nitro benzene ring substituents is 1. The summed E-state index contributed by atoms with van der Waals surface area (Å²) in [5.74, 6) is -0.467. The Labute approximate surface area is 108 Å². The first-order valence-electron chi connectivity index (χ1n) is 5.07. The average Bonchev–Trinajstić information content (AvgIpc) is 2.28. The van der Waals surface area contributed by atoms with Crippen LogP contribution in [-0.2, 0) is 0 Å². The lowest BCUT2D eigenvalue weighted by Crippen LogP contribution is -1.97. The topological polar surface area (TPSA) is 75.4 Å². The van der Waals surface area contributed by atoms with Gasteiger partial charge in [-0.1, -0.05) is 29.8 Å². The minimum Gasteiger partial charge on any atom is -0.502 e. The molecule has 0 atom stereocenters. The number of hydrogen-bond acceptors (Lipinski definition) is 4. The number of para-hydroxylation sites is 1. The van der Waals surface area contributed by atoms with E-state index in [1.807, 2.05) is 6.07 Å². The van der Waals surface area contributed by atoms with Crippen molar-refractivity contribution in [2.75, 3.05) is 5.32 Å². The first-order valence-corrected chi connectivity index (χ1v) is 5.44. The van der Waals surface area contributed by atoms with Crippen molar-refractivity contribution in [2.24, 2.45) is 0 Å². The van der Waals surface area contributed by atoms with E-state index in [4.69, 9.17) is 11.6 Å². The zero-order valence-corrected chi connectivity index (χ0v) is 9.89. The summed E-state index contributed by atoms with van der Waals surface area (Å²) in [6, 6.07) is 11.4. The van der Waals surface area contributed by atoms with Crippen LogP contribution >= 0.6 is 11.6 Å². The second-order valence-corrected chi connectivity index (χ2v) is 4.01. The number of phenols is 1. The molecule has 5 nitrogen and oxygen atoms in total. The maximum absolute atomic E-state index is 10.9. The van der Waals surface area contributed by atoms with Gasteiger partial charge in [0.15, 0.2) is 5.75 Å². The molecule has 18 heavy (non-hydrogen) atoms. The number of halogens is 1. The maximum Gasteiger partial charge on any atom is 0.333 e. The van der Waals surface area contributed by atoms with Gasteiger partial charge in [0.25, 0.3) is 0 Å². The Morgan fingerprint density at radius 2 is 1.89 bits per heavy atom. The van der Waals surface area contributed by atoms with E-state index >= 15 is 0 Å². The smallest absolute Gasteiger partial charge is 0.333 e. The maximum atomic E-state index is 10.9. The molecule has 0 heterocycles. The molecular formula is C12H9ClN2O3. The molecule has 2 aromatic carbocycles. The fraction of sp³-hybridized carbons (Fsp3) is 0. The molecule has 0 spiro atoms. The van der Waals surface area contributed by atoms with Gasteiger partial charge >= 0.3 is 5.69 Å². The lowest BCUT2D eigenvalue weighted by Gasteiger charge is -2.08. The highest BCUT2D eigenvalue weighted by Gasteiger charge is 2.20. The fourth-order valence-corrected chi connectivity index (χ4v) is 1.76. The number of aromatic hydroxyl groups is 1. The molecular weight excluding hydrogens is 256 g/mol. The van der Waals surface area contributed by atoms with Gasteiger partial charge < -0.3 is 10.4 Å². The summed E-state index contributed by atoms with van der Waals surface area (Å²) < 4.78 is 0. The largest absolute Gasteiger partial charge is 0.502 e. The van der Waals surface area contributed by atoms with Crippen LogP contribution in [0.25, 0.3) is 0 Å². The molecule has 2 N–H and O–H groups in total. The van der Waals surface area contributed by atoms with Crippen LogP contribution in [0.5, 0.6) is 5.75 Å². The average molecular weight is 265 g/mol. The van der Waals surface area contributed by atoms with Gasteiger partial charge in [-0.3, -0.25) is 10.1 Å². The van der Waals surface area contributed by atoms with Gasteiger partial charge in [0.1, 0.15) is 5.69 Å². The van der Waals surface area contributed by atoms with E-state index in [9.17, 15) is 15.2 Å². The molecule has 0 aromatic heterocycles. The Hall–Kier alpha value is -2.27. The SMILES string of the molecule is O=[N+]([O-])c1c(O)cc(Cl)cc1Nc1ccccc1. The van der Waals surface area contributed by atoms with Gasteiger partial charge in [0.2, 0.25) is 0 Å². The number of rotatable bonds is 3. The van der Waals surface area contributed by atoms with E-state index < -0.39 is 16.4 Å². The predicted octanol–water partition coefficient (Wildman–Crippen LogP) is 3.70. The predicted molar refractivity (Wildman–Crippen MR) is 69.5 cm³/mol. The van der Waals surface area contributed by atoms with Crippen molar-refractivity contribution in [3.8, 4) is 5.75 Å². The third kappa shape index (κ3) is 2.52. The zero-order chi connectivity index (χ0) is 13.1. The van der Waals surface area contributed by atoms with Crippen LogP contribution in [0.2, 0.25) is 5.02 Å². The first kappa shape index (κ1) is 12.2. The zero-order valence-electron chi connectivity index (χ0n) is 9.13. The number of phenolic OH excluding ortho intramolecular Hbond substituents is 1. The van der Waals surface area contributed by atoms with Gasteiger partial charge in [0.05, 0.1) is 4.92 Å². The van der Waals surface area contributed by atoms with Gasteiger partial charge in [-0.25, -0.2) is 0 Å². The molecule has 0 aliphatic heterocycles. The number of benzene rings is 2. The van der Waals surface area contributed by atoms with E-state index in [1.165, 1.54) is 6.07 Å². The van der Waals surface area contributed by atoms with Crippen LogP contribution in [0.15, 0.2) is 42.5 Å². The third-order valence-corrected chi connectivity index (χ3v) is 2.51. The highest BCUT2D eigenvalue weighted by molar-refractivity contribution is 6.31. The standard InChI is InChI=1S/C12H9ClN2O3/c13-8-6-10(12(15(17)18)11(16)7-8)14-9-4-2-1-3-5-9/h1-7,14,16H. The highest BCUT2D eigenvalue weighted by Crippen LogP contribution is 2.38. The third-order valence-electron chi connectivity index (χ3n) is 2.29. The molecule has 2 aromatic rings. The molecule has 0 amide bonds. The van der Waals surface area contributed by atoms with Crippen LogP contribution in [0, 0.1) is 10.1 Å². The van der Waals surface area contributed by atoms with Crippen molar-refractivity contribution in [3.05, 3.63) is 57.6 Å². The molecule has 0 aliphatic carbocycles. The highest BCUT2D eigenvalue weighted by atomic mass is 35.5. The fourth-order valence-electron chi connectivity index (χ4n) is 1.55. The van der Waals surface area contributed by atoms with Gasteiger partial charge in [0, 0.05) is 16.8 Å². The Morgan fingerprint density at radius 3 is 2.50 bits per heavy atom. The molecule has 0 aliphatic rings. The van der Waals surface area contributed by atoms with Gasteiger partial charge in [-0.05, 0) is 18.2 Å². The van der Waals surface area contributed by atoms with Crippen molar-refractivity contribution in [2.45, 2.75) is 0 Å². The first-order chi connectivity index (χ1) is 8.58. The van der Waals surface area contributed by atoms with E-state index in [1.54, 1.807) is 24.3 Å². The van der Waals surface area contributed by atoms with Crippen molar-refractivity contribution in [1.82, 2.24) is 0 Å². The summed E-state index contributed by atoms with van der Waals surface area (Å²) in [5.41, 5.74) is 0.418. The minimum atomic E-state index is -0.656. The van der Waals surface area contributed by atoms with Crippen LogP contribution in [0.1, 0.15) is 0 Å². The number of nitro groups is 1. The van der Waals surface area contributed by atoms with Crippen LogP contribution in [-0.4, -0.2) is 10.0 Å². The quantitative estimate of drug-likeness (QED) is 0.655. The lowest BCUT2D eigenvalue weighted by atomic mass is 10.2. The molecule has 0 bridgehead atoms. The molecule has 0 saturated heterocycles. The summed E-state index contributed by atoms with van der Waals surface area (Å²) in [6.07, 6.45) is 0. The molecule has 92 valence electrons. The molecule has 0 radical (unpaired) electrons. The number of nitrogens with one attached hydrogen (secondary N) is 1. The van der Waals surface area contributed by atoms with Crippen molar-refractivity contribution < 1.29 is 10.0 Å². The Morgan fingerprint density at radius 1 is 1.22 bits per heavy atom. The molecule has 0 saturated carbocycles. The van der Waals surface area contributed by atoms with Crippen molar-refractivity contribution in [3.63, 3.8) is 0 Å². The van der Waals surface area contributed by atoms with Gasteiger partial charge in [-0.2, -0.15) is 0 Å². The second kappa shape index (κ2) is 4.93. The van der Waals surface area contributed by atoms with Crippen LogP contribution in [0.4, 0.5) is 17.1 Å². The summed E-state index contributed by atoms with van der Waals surface area (Å²) in [5, 5.41) is 23.5. The Balaban J connectivity index is 2.46.